The number of urea groups is 1. The molecule has 0 bridgehead atoms. The molecule has 1 unspecified atom stereocenters. The van der Waals surface area contributed by atoms with Gasteiger partial charge in [0.15, 0.2) is 5.13 Å². The molecule has 1 aromatic carbocycles. The van der Waals surface area contributed by atoms with E-state index in [2.05, 4.69) is 10.3 Å². The minimum absolute atomic E-state index is 0.0470. The lowest BCUT2D eigenvalue weighted by molar-refractivity contribution is -0.127. The van der Waals surface area contributed by atoms with E-state index < -0.39 is 0 Å². The Labute approximate surface area is 164 Å². The maximum absolute atomic E-state index is 12.9. The zero-order valence-corrected chi connectivity index (χ0v) is 16.3. The van der Waals surface area contributed by atoms with Crippen molar-refractivity contribution in [2.75, 3.05) is 29.9 Å². The quantitative estimate of drug-likeness (QED) is 0.772. The number of hydrogen-bond donors (Lipinski definition) is 1. The van der Waals surface area contributed by atoms with Crippen molar-refractivity contribution in [1.82, 2.24) is 9.88 Å². The van der Waals surface area contributed by atoms with Crippen LogP contribution >= 0.6 is 34.5 Å². The fraction of sp³-hybridized carbons (Fsp3) is 0.353. The highest BCUT2D eigenvalue weighted by atomic mass is 35.5. The number of hydrogen-bond acceptors (Lipinski definition) is 4. The number of fused-ring (bicyclic) bond motifs is 2. The summed E-state index contributed by atoms with van der Waals surface area (Å²) in [6.07, 6.45) is 2.30. The normalized spacial score (nSPS) is 21.3. The number of halogens is 2. The molecular formula is C17H16Cl2N4O2S. The third-order valence-electron chi connectivity index (χ3n) is 5.02. The predicted molar refractivity (Wildman–Crippen MR) is 103 cm³/mol. The van der Waals surface area contributed by atoms with Crippen molar-refractivity contribution in [1.29, 1.82) is 0 Å². The first kappa shape index (κ1) is 17.6. The summed E-state index contributed by atoms with van der Waals surface area (Å²) in [5.41, 5.74) is 1.55. The summed E-state index contributed by atoms with van der Waals surface area (Å²) in [4.78, 5) is 32.3. The van der Waals surface area contributed by atoms with Crippen LogP contribution in [-0.2, 0) is 10.2 Å². The summed E-state index contributed by atoms with van der Waals surface area (Å²) in [5.74, 6) is 0.0470. The number of carbonyl (C=O) groups is 2. The number of rotatable bonds is 1. The fourth-order valence-electron chi connectivity index (χ4n) is 3.78. The highest BCUT2D eigenvalue weighted by Gasteiger charge is 2.49. The molecule has 2 aliphatic rings. The van der Waals surface area contributed by atoms with E-state index in [1.165, 1.54) is 17.5 Å². The van der Waals surface area contributed by atoms with E-state index >= 15 is 0 Å². The Balaban J connectivity index is 1.66. The summed E-state index contributed by atoms with van der Waals surface area (Å²) in [6, 6.07) is 5.28. The number of likely N-dealkylation sites (tertiary alicyclic amines) is 1. The Morgan fingerprint density at radius 3 is 2.77 bits per heavy atom. The van der Waals surface area contributed by atoms with Crippen LogP contribution in [0.4, 0.5) is 15.6 Å². The Hall–Kier alpha value is -1.83. The van der Waals surface area contributed by atoms with Gasteiger partial charge in [-0.15, -0.1) is 0 Å². The average Bonchev–Trinajstić information content (AvgIpc) is 3.27. The Bertz CT molecular complexity index is 903. The molecule has 9 heteroatoms. The minimum atomic E-state index is -0.288. The number of aromatic nitrogens is 1. The van der Waals surface area contributed by atoms with Gasteiger partial charge in [-0.3, -0.25) is 15.0 Å². The smallest absolute Gasteiger partial charge is 0.328 e. The van der Waals surface area contributed by atoms with Gasteiger partial charge in [-0.05, 0) is 30.2 Å². The van der Waals surface area contributed by atoms with Gasteiger partial charge in [0.2, 0.25) is 5.91 Å². The molecule has 3 amide bonds. The first-order valence-electron chi connectivity index (χ1n) is 8.13. The van der Waals surface area contributed by atoms with Gasteiger partial charge >= 0.3 is 6.03 Å². The molecule has 1 spiro atoms. The molecule has 2 aliphatic heterocycles. The summed E-state index contributed by atoms with van der Waals surface area (Å²) in [5, 5.41) is 3.87. The summed E-state index contributed by atoms with van der Waals surface area (Å²) in [7, 11) is 0. The van der Waals surface area contributed by atoms with Crippen LogP contribution in [0.15, 0.2) is 24.4 Å². The second-order valence-corrected chi connectivity index (χ2v) is 8.72. The van der Waals surface area contributed by atoms with Crippen LogP contribution in [0.3, 0.4) is 0 Å². The number of nitrogens with zero attached hydrogens (tertiary/aromatic N) is 3. The number of thiazole rings is 1. The van der Waals surface area contributed by atoms with E-state index in [0.717, 1.165) is 17.7 Å². The number of amides is 3. The van der Waals surface area contributed by atoms with Crippen LogP contribution in [0.5, 0.6) is 0 Å². The largest absolute Gasteiger partial charge is 0.342 e. The fourth-order valence-corrected chi connectivity index (χ4v) is 4.76. The van der Waals surface area contributed by atoms with E-state index in [-0.39, 0.29) is 17.4 Å². The lowest BCUT2D eigenvalue weighted by atomic mass is 9.81. The van der Waals surface area contributed by atoms with Gasteiger partial charge in [0.1, 0.15) is 4.34 Å². The van der Waals surface area contributed by atoms with E-state index in [0.29, 0.717) is 34.1 Å². The second kappa shape index (κ2) is 6.40. The maximum atomic E-state index is 12.9. The lowest BCUT2D eigenvalue weighted by Crippen LogP contribution is -2.41. The van der Waals surface area contributed by atoms with Crippen molar-refractivity contribution in [2.45, 2.75) is 18.8 Å². The molecule has 0 radical (unpaired) electrons. The molecule has 4 rings (SSSR count). The average molecular weight is 411 g/mol. The third-order valence-corrected chi connectivity index (χ3v) is 6.28. The Kier molecular flexibility index (Phi) is 4.33. The predicted octanol–water partition coefficient (Wildman–Crippen LogP) is 3.99. The topological polar surface area (TPSA) is 65.5 Å². The zero-order valence-electron chi connectivity index (χ0n) is 14.0. The van der Waals surface area contributed by atoms with Crippen LogP contribution in [0.2, 0.25) is 9.36 Å². The molecule has 26 heavy (non-hydrogen) atoms. The molecule has 0 aliphatic carbocycles. The van der Waals surface area contributed by atoms with Crippen molar-refractivity contribution in [3.8, 4) is 0 Å². The van der Waals surface area contributed by atoms with Crippen molar-refractivity contribution < 1.29 is 9.59 Å². The molecule has 1 saturated heterocycles. The van der Waals surface area contributed by atoms with Gasteiger partial charge in [-0.2, -0.15) is 0 Å². The van der Waals surface area contributed by atoms with Crippen molar-refractivity contribution >= 4 is 57.3 Å². The number of anilines is 2. The van der Waals surface area contributed by atoms with Gasteiger partial charge < -0.3 is 4.90 Å². The molecular weight excluding hydrogens is 395 g/mol. The number of carbonyl (C=O) groups excluding carboxylic acids is 2. The van der Waals surface area contributed by atoms with Crippen LogP contribution in [0.25, 0.3) is 0 Å². The van der Waals surface area contributed by atoms with Gasteiger partial charge in [-0.1, -0.05) is 34.5 Å². The molecule has 136 valence electrons. The highest BCUT2D eigenvalue weighted by Crippen LogP contribution is 2.47. The standard InChI is InChI=1S/C17H16Cl2N4O2S/c1-10(24)22-5-4-17(8-22)9-23(13-3-2-11(18)6-12(13)17)16(25)21-15-20-7-14(19)26-15/h2-3,6-7H,4-5,8-9H2,1H3,(H,20,21,25). The molecule has 6 nitrogen and oxygen atoms in total. The molecule has 3 heterocycles. The molecule has 1 atom stereocenters. The first-order valence-corrected chi connectivity index (χ1v) is 9.71. The molecule has 1 aromatic heterocycles. The van der Waals surface area contributed by atoms with Gasteiger partial charge in [0.25, 0.3) is 0 Å². The van der Waals surface area contributed by atoms with E-state index in [1.807, 2.05) is 17.0 Å². The van der Waals surface area contributed by atoms with Crippen molar-refractivity contribution in [2.24, 2.45) is 0 Å². The van der Waals surface area contributed by atoms with E-state index in [4.69, 9.17) is 23.2 Å². The second-order valence-electron chi connectivity index (χ2n) is 6.62. The Morgan fingerprint density at radius 2 is 2.12 bits per heavy atom. The molecule has 2 aromatic rings. The van der Waals surface area contributed by atoms with Crippen molar-refractivity contribution in [3.05, 3.63) is 39.3 Å². The van der Waals surface area contributed by atoms with Gasteiger partial charge in [0, 0.05) is 42.7 Å². The summed E-state index contributed by atoms with van der Waals surface area (Å²) < 4.78 is 0.512. The van der Waals surface area contributed by atoms with Gasteiger partial charge in [0.05, 0.1) is 6.20 Å². The van der Waals surface area contributed by atoms with Crippen LogP contribution in [0, 0.1) is 0 Å². The lowest BCUT2D eigenvalue weighted by Gasteiger charge is -2.25. The minimum Gasteiger partial charge on any atom is -0.342 e. The monoisotopic (exact) mass is 410 g/mol. The van der Waals surface area contributed by atoms with E-state index in [9.17, 15) is 9.59 Å². The van der Waals surface area contributed by atoms with Crippen LogP contribution < -0.4 is 10.2 Å². The SMILES string of the molecule is CC(=O)N1CCC2(C1)CN(C(=O)Nc1ncc(Cl)s1)c1ccc(Cl)cc12. The number of benzene rings is 1. The zero-order chi connectivity index (χ0) is 18.5. The molecule has 1 N–H and O–H groups in total. The highest BCUT2D eigenvalue weighted by molar-refractivity contribution is 7.19. The summed E-state index contributed by atoms with van der Waals surface area (Å²) >= 11 is 13.3. The van der Waals surface area contributed by atoms with E-state index in [1.54, 1.807) is 17.9 Å². The first-order chi connectivity index (χ1) is 12.4. The van der Waals surface area contributed by atoms with Crippen molar-refractivity contribution in [3.63, 3.8) is 0 Å². The Morgan fingerprint density at radius 1 is 1.31 bits per heavy atom. The summed E-state index contributed by atoms with van der Waals surface area (Å²) in [6.45, 7) is 3.34. The van der Waals surface area contributed by atoms with Crippen LogP contribution in [-0.4, -0.2) is 41.5 Å². The molecule has 0 saturated carbocycles. The number of nitrogens with one attached hydrogen (secondary N) is 1. The maximum Gasteiger partial charge on any atom is 0.328 e. The third kappa shape index (κ3) is 2.94. The van der Waals surface area contributed by atoms with Crippen LogP contribution in [0.1, 0.15) is 18.9 Å². The van der Waals surface area contributed by atoms with Gasteiger partial charge in [-0.25, -0.2) is 9.78 Å². The molecule has 1 fully saturated rings.